The Balaban J connectivity index is 2.10. The van der Waals surface area contributed by atoms with Gasteiger partial charge < -0.3 is 4.74 Å². The number of nitriles is 1. The van der Waals surface area contributed by atoms with Gasteiger partial charge in [0.15, 0.2) is 0 Å². The first-order chi connectivity index (χ1) is 9.76. The summed E-state index contributed by atoms with van der Waals surface area (Å²) in [6.45, 7) is 3.76. The van der Waals surface area contributed by atoms with E-state index < -0.39 is 0 Å². The van der Waals surface area contributed by atoms with Crippen molar-refractivity contribution in [2.45, 2.75) is 32.4 Å². The van der Waals surface area contributed by atoms with E-state index in [4.69, 9.17) is 10.00 Å². The van der Waals surface area contributed by atoms with Crippen molar-refractivity contribution in [3.8, 4) is 6.07 Å². The Morgan fingerprint density at radius 1 is 1.45 bits per heavy atom. The van der Waals surface area contributed by atoms with Crippen LogP contribution in [0.2, 0.25) is 0 Å². The molecule has 0 N–H and O–H groups in total. The first-order valence-electron chi connectivity index (χ1n) is 7.07. The molecule has 2 atom stereocenters. The number of carbonyl (C=O) groups excluding carboxylic acids is 1. The van der Waals surface area contributed by atoms with Crippen LogP contribution in [0.5, 0.6) is 0 Å². The maximum atomic E-state index is 12.2. The Bertz CT molecular complexity index is 481. The lowest BCUT2D eigenvalue weighted by molar-refractivity contribution is -0.150. The van der Waals surface area contributed by atoms with E-state index in [2.05, 4.69) is 23.1 Å². The molecule has 0 bridgehead atoms. The van der Waals surface area contributed by atoms with Crippen LogP contribution in [-0.2, 0) is 16.1 Å². The Hall–Kier alpha value is -1.86. The maximum absolute atomic E-state index is 12.2. The Morgan fingerprint density at radius 2 is 2.20 bits per heavy atom. The molecule has 2 rings (SSSR count). The Labute approximate surface area is 120 Å². The van der Waals surface area contributed by atoms with Crippen molar-refractivity contribution in [3.05, 3.63) is 35.9 Å². The highest BCUT2D eigenvalue weighted by Crippen LogP contribution is 2.29. The zero-order valence-corrected chi connectivity index (χ0v) is 11.8. The average Bonchev–Trinajstić information content (AvgIpc) is 2.83. The fourth-order valence-electron chi connectivity index (χ4n) is 2.82. The number of likely N-dealkylation sites (tertiary alicyclic amines) is 1. The summed E-state index contributed by atoms with van der Waals surface area (Å²) in [6, 6.07) is 12.0. The van der Waals surface area contributed by atoms with Crippen molar-refractivity contribution < 1.29 is 9.53 Å². The third-order valence-corrected chi connectivity index (χ3v) is 3.74. The molecule has 0 spiro atoms. The molecular formula is C16H20N2O2. The number of rotatable bonds is 5. The minimum absolute atomic E-state index is 0.0859. The fourth-order valence-corrected chi connectivity index (χ4v) is 2.82. The molecule has 1 saturated heterocycles. The zero-order valence-electron chi connectivity index (χ0n) is 11.8. The van der Waals surface area contributed by atoms with Gasteiger partial charge in [0.05, 0.1) is 12.7 Å². The summed E-state index contributed by atoms with van der Waals surface area (Å²) in [6.07, 6.45) is 1.29. The van der Waals surface area contributed by atoms with Crippen LogP contribution in [0.15, 0.2) is 30.3 Å². The molecular weight excluding hydrogens is 252 g/mol. The fraction of sp³-hybridized carbons (Fsp3) is 0.500. The topological polar surface area (TPSA) is 53.3 Å². The van der Waals surface area contributed by atoms with E-state index in [1.807, 2.05) is 25.1 Å². The number of hydrogen-bond donors (Lipinski definition) is 0. The number of nitrogens with zero attached hydrogens (tertiary/aromatic N) is 2. The minimum atomic E-state index is -0.283. The summed E-state index contributed by atoms with van der Waals surface area (Å²) >= 11 is 0. The van der Waals surface area contributed by atoms with Gasteiger partial charge in [0.1, 0.15) is 6.04 Å². The van der Waals surface area contributed by atoms with Crippen LogP contribution < -0.4 is 0 Å². The summed E-state index contributed by atoms with van der Waals surface area (Å²) in [5.41, 5.74) is 1.18. The normalized spacial score (nSPS) is 22.4. The van der Waals surface area contributed by atoms with Crippen LogP contribution in [0.1, 0.15) is 25.3 Å². The number of esters is 1. The summed E-state index contributed by atoms with van der Waals surface area (Å²) < 4.78 is 5.18. The van der Waals surface area contributed by atoms with Crippen LogP contribution >= 0.6 is 0 Å². The predicted molar refractivity (Wildman–Crippen MR) is 75.6 cm³/mol. The van der Waals surface area contributed by atoms with Gasteiger partial charge in [-0.05, 0) is 31.4 Å². The molecule has 0 unspecified atom stereocenters. The van der Waals surface area contributed by atoms with Crippen LogP contribution in [0.4, 0.5) is 0 Å². The lowest BCUT2D eigenvalue weighted by Crippen LogP contribution is -2.40. The highest BCUT2D eigenvalue weighted by Gasteiger charge is 2.39. The second-order valence-electron chi connectivity index (χ2n) is 5.06. The molecule has 1 aliphatic heterocycles. The van der Waals surface area contributed by atoms with Crippen molar-refractivity contribution >= 4 is 5.97 Å². The molecule has 4 heteroatoms. The molecule has 4 nitrogen and oxygen atoms in total. The van der Waals surface area contributed by atoms with Gasteiger partial charge in [0.2, 0.25) is 0 Å². The van der Waals surface area contributed by atoms with Gasteiger partial charge in [-0.15, -0.1) is 0 Å². The molecule has 0 aromatic heterocycles. The van der Waals surface area contributed by atoms with E-state index in [0.717, 1.165) is 19.5 Å². The summed E-state index contributed by atoms with van der Waals surface area (Å²) in [7, 11) is 0. The van der Waals surface area contributed by atoms with Crippen LogP contribution in [-0.4, -0.2) is 30.1 Å². The molecule has 1 heterocycles. The highest BCUT2D eigenvalue weighted by molar-refractivity contribution is 5.76. The van der Waals surface area contributed by atoms with Crippen molar-refractivity contribution in [1.82, 2.24) is 4.90 Å². The minimum Gasteiger partial charge on any atom is -0.465 e. The average molecular weight is 272 g/mol. The smallest absolute Gasteiger partial charge is 0.323 e. The molecule has 1 fully saturated rings. The first-order valence-corrected chi connectivity index (χ1v) is 7.07. The van der Waals surface area contributed by atoms with E-state index in [1.165, 1.54) is 5.56 Å². The number of benzene rings is 1. The number of ether oxygens (including phenoxy) is 1. The summed E-state index contributed by atoms with van der Waals surface area (Å²) in [5.74, 6) is -0.107. The quantitative estimate of drug-likeness (QED) is 0.772. The molecule has 0 radical (unpaired) electrons. The number of carbonyl (C=O) groups is 1. The monoisotopic (exact) mass is 272 g/mol. The molecule has 0 amide bonds. The van der Waals surface area contributed by atoms with Gasteiger partial charge in [-0.25, -0.2) is 0 Å². The van der Waals surface area contributed by atoms with Crippen molar-refractivity contribution in [2.75, 3.05) is 13.2 Å². The summed E-state index contributed by atoms with van der Waals surface area (Å²) in [4.78, 5) is 14.3. The van der Waals surface area contributed by atoms with Gasteiger partial charge in [-0.1, -0.05) is 30.3 Å². The van der Waals surface area contributed by atoms with Crippen molar-refractivity contribution in [2.24, 2.45) is 5.92 Å². The second kappa shape index (κ2) is 7.06. The lowest BCUT2D eigenvalue weighted by Gasteiger charge is -2.25. The van der Waals surface area contributed by atoms with E-state index >= 15 is 0 Å². The standard InChI is InChI=1S/C16H20N2O2/c1-2-20-16(19)15-14(8-10-17)9-11-18(15)12-13-6-4-3-5-7-13/h3-7,14-15H,2,8-9,11-12H2,1H3/t14-,15+/m0/s1. The van der Waals surface area contributed by atoms with Gasteiger partial charge in [0.25, 0.3) is 0 Å². The van der Waals surface area contributed by atoms with Crippen LogP contribution in [0, 0.1) is 17.2 Å². The van der Waals surface area contributed by atoms with Crippen LogP contribution in [0.3, 0.4) is 0 Å². The Morgan fingerprint density at radius 3 is 2.85 bits per heavy atom. The van der Waals surface area contributed by atoms with Crippen molar-refractivity contribution in [1.29, 1.82) is 5.26 Å². The first kappa shape index (κ1) is 14.5. The maximum Gasteiger partial charge on any atom is 0.323 e. The molecule has 106 valence electrons. The third-order valence-electron chi connectivity index (χ3n) is 3.74. The van der Waals surface area contributed by atoms with Gasteiger partial charge >= 0.3 is 5.97 Å². The van der Waals surface area contributed by atoms with E-state index in [0.29, 0.717) is 13.0 Å². The third kappa shape index (κ3) is 3.37. The van der Waals surface area contributed by atoms with Gasteiger partial charge in [0, 0.05) is 13.0 Å². The molecule has 1 aliphatic rings. The molecule has 1 aromatic carbocycles. The van der Waals surface area contributed by atoms with Crippen LogP contribution in [0.25, 0.3) is 0 Å². The zero-order chi connectivity index (χ0) is 14.4. The molecule has 1 aromatic rings. The van der Waals surface area contributed by atoms with E-state index in [-0.39, 0.29) is 17.9 Å². The van der Waals surface area contributed by atoms with E-state index in [9.17, 15) is 4.79 Å². The highest BCUT2D eigenvalue weighted by atomic mass is 16.5. The van der Waals surface area contributed by atoms with Gasteiger partial charge in [-0.2, -0.15) is 5.26 Å². The van der Waals surface area contributed by atoms with E-state index in [1.54, 1.807) is 0 Å². The predicted octanol–water partition coefficient (Wildman–Crippen LogP) is 2.35. The lowest BCUT2D eigenvalue weighted by atomic mass is 9.97. The number of hydrogen-bond acceptors (Lipinski definition) is 4. The molecule has 0 aliphatic carbocycles. The molecule has 20 heavy (non-hydrogen) atoms. The SMILES string of the molecule is CCOC(=O)[C@H]1[C@@H](CC#N)CCN1Cc1ccccc1. The largest absolute Gasteiger partial charge is 0.465 e. The van der Waals surface area contributed by atoms with Gasteiger partial charge in [-0.3, -0.25) is 9.69 Å². The molecule has 0 saturated carbocycles. The summed E-state index contributed by atoms with van der Waals surface area (Å²) in [5, 5.41) is 8.91. The second-order valence-corrected chi connectivity index (χ2v) is 5.06. The van der Waals surface area contributed by atoms with Crippen molar-refractivity contribution in [3.63, 3.8) is 0 Å². The Kier molecular flexibility index (Phi) is 5.14.